The van der Waals surface area contributed by atoms with E-state index in [2.05, 4.69) is 4.90 Å². The van der Waals surface area contributed by atoms with Crippen molar-refractivity contribution >= 4 is 44.2 Å². The number of halogens is 1. The fourth-order valence-corrected chi connectivity index (χ4v) is 5.06. The number of nitrogens with zero attached hydrogens (tertiary/aromatic N) is 3. The van der Waals surface area contributed by atoms with Gasteiger partial charge in [-0.2, -0.15) is 0 Å². The van der Waals surface area contributed by atoms with Crippen LogP contribution in [0.1, 0.15) is 12.0 Å². The third-order valence-corrected chi connectivity index (χ3v) is 7.14. The Balaban J connectivity index is 1.53. The van der Waals surface area contributed by atoms with Crippen molar-refractivity contribution in [2.24, 2.45) is 0 Å². The lowest BCUT2D eigenvalue weighted by Crippen LogP contribution is -2.40. The molecule has 3 aromatic rings. The van der Waals surface area contributed by atoms with E-state index in [4.69, 9.17) is 30.8 Å². The van der Waals surface area contributed by atoms with E-state index in [9.17, 15) is 4.79 Å². The van der Waals surface area contributed by atoms with Gasteiger partial charge < -0.3 is 14.2 Å². The molecule has 7 nitrogen and oxygen atoms in total. The number of ether oxygens (including phenoxy) is 3. The molecule has 176 valence electrons. The third-order valence-electron chi connectivity index (χ3n) is 5.60. The molecule has 1 fully saturated rings. The maximum Gasteiger partial charge on any atom is 0.266 e. The molecule has 1 aliphatic heterocycles. The van der Waals surface area contributed by atoms with Crippen LogP contribution in [0.3, 0.4) is 0 Å². The molecule has 1 saturated heterocycles. The number of morpholine rings is 1. The van der Waals surface area contributed by atoms with Gasteiger partial charge in [0, 0.05) is 26.2 Å². The number of aromatic nitrogens is 1. The third kappa shape index (κ3) is 5.76. The molecular weight excluding hydrogens is 462 g/mol. The Hall–Kier alpha value is -2.39. The van der Waals surface area contributed by atoms with Gasteiger partial charge in [0.25, 0.3) is 5.91 Å². The maximum atomic E-state index is 13.3. The van der Waals surface area contributed by atoms with Gasteiger partial charge in [-0.3, -0.25) is 14.6 Å². The number of fused-ring (bicyclic) bond motifs is 1. The summed E-state index contributed by atoms with van der Waals surface area (Å²) in [6.07, 6.45) is 0.816. The molecule has 0 unspecified atom stereocenters. The molecule has 0 N–H and O–H groups in total. The lowest BCUT2D eigenvalue weighted by molar-refractivity contribution is -0.120. The van der Waals surface area contributed by atoms with Gasteiger partial charge in [-0.1, -0.05) is 41.1 Å². The number of anilines is 1. The number of methoxy groups -OCH3 is 1. The summed E-state index contributed by atoms with van der Waals surface area (Å²) in [5, 5.41) is 1.18. The van der Waals surface area contributed by atoms with Crippen molar-refractivity contribution in [3.05, 3.63) is 47.0 Å². The highest BCUT2D eigenvalue weighted by molar-refractivity contribution is 7.23. The molecular formula is C24H28ClN3O4S. The van der Waals surface area contributed by atoms with Gasteiger partial charge in [-0.25, -0.2) is 4.98 Å². The molecule has 1 aromatic heterocycles. The van der Waals surface area contributed by atoms with Gasteiger partial charge in [-0.05, 0) is 37.1 Å². The van der Waals surface area contributed by atoms with Gasteiger partial charge in [0.1, 0.15) is 17.0 Å². The molecule has 9 heteroatoms. The summed E-state index contributed by atoms with van der Waals surface area (Å²) in [6, 6.07) is 11.3. The largest absolute Gasteiger partial charge is 0.494 e. The molecule has 0 saturated carbocycles. The zero-order valence-electron chi connectivity index (χ0n) is 18.9. The number of thiazole rings is 1. The van der Waals surface area contributed by atoms with Crippen molar-refractivity contribution in [2.45, 2.75) is 13.3 Å². The monoisotopic (exact) mass is 489 g/mol. The van der Waals surface area contributed by atoms with Crippen molar-refractivity contribution < 1.29 is 19.0 Å². The smallest absolute Gasteiger partial charge is 0.266 e. The molecule has 2 aromatic carbocycles. The van der Waals surface area contributed by atoms with E-state index < -0.39 is 0 Å². The zero-order chi connectivity index (χ0) is 23.2. The van der Waals surface area contributed by atoms with Gasteiger partial charge in [-0.15, -0.1) is 0 Å². The standard InChI is InChI=1S/C24H28ClN3O4S/c1-17-6-3-4-7-19(17)32-16-21(29)28(11-5-10-27-12-14-31-15-13-27)24-26-22-20(30-2)9-8-18(25)23(22)33-24/h3-4,6-9H,5,10-16H2,1-2H3. The Morgan fingerprint density at radius 3 is 2.76 bits per heavy atom. The quantitative estimate of drug-likeness (QED) is 0.444. The number of aryl methyl sites for hydroxylation is 1. The van der Waals surface area contributed by atoms with E-state index in [0.29, 0.717) is 33.7 Å². The van der Waals surface area contributed by atoms with Crippen LogP contribution in [-0.4, -0.2) is 68.9 Å². The minimum absolute atomic E-state index is 0.0663. The molecule has 1 amide bonds. The fraction of sp³-hybridized carbons (Fsp3) is 0.417. The topological polar surface area (TPSA) is 64.1 Å². The second-order valence-corrected chi connectivity index (χ2v) is 9.22. The predicted molar refractivity (Wildman–Crippen MR) is 132 cm³/mol. The van der Waals surface area contributed by atoms with E-state index in [1.165, 1.54) is 11.3 Å². The molecule has 0 bridgehead atoms. The van der Waals surface area contributed by atoms with Gasteiger partial charge >= 0.3 is 0 Å². The lowest BCUT2D eigenvalue weighted by atomic mass is 10.2. The second kappa shape index (κ2) is 11.2. The molecule has 0 aliphatic carbocycles. The summed E-state index contributed by atoms with van der Waals surface area (Å²) < 4.78 is 17.5. The summed E-state index contributed by atoms with van der Waals surface area (Å²) in [4.78, 5) is 22.1. The maximum absolute atomic E-state index is 13.3. The van der Waals surface area contributed by atoms with E-state index >= 15 is 0 Å². The van der Waals surface area contributed by atoms with Crippen LogP contribution in [0.25, 0.3) is 10.2 Å². The van der Waals surface area contributed by atoms with Crippen molar-refractivity contribution in [1.29, 1.82) is 0 Å². The van der Waals surface area contributed by atoms with E-state index in [-0.39, 0.29) is 12.5 Å². The van der Waals surface area contributed by atoms with Crippen LogP contribution in [0, 0.1) is 6.92 Å². The number of benzene rings is 2. The number of hydrogen-bond acceptors (Lipinski definition) is 7. The SMILES string of the molecule is COc1ccc(Cl)c2sc(N(CCCN3CCOCC3)C(=O)COc3ccccc3C)nc12. The highest BCUT2D eigenvalue weighted by Gasteiger charge is 2.23. The first-order chi connectivity index (χ1) is 16.1. The molecule has 33 heavy (non-hydrogen) atoms. The van der Waals surface area contributed by atoms with Gasteiger partial charge in [0.05, 0.1) is 30.0 Å². The van der Waals surface area contributed by atoms with Crippen LogP contribution in [0.5, 0.6) is 11.5 Å². The summed E-state index contributed by atoms with van der Waals surface area (Å²) in [7, 11) is 1.60. The number of rotatable bonds is 9. The number of carbonyl (C=O) groups is 1. The number of amides is 1. The second-order valence-electron chi connectivity index (χ2n) is 7.83. The predicted octanol–water partition coefficient (Wildman–Crippen LogP) is 4.40. The van der Waals surface area contributed by atoms with E-state index in [1.54, 1.807) is 24.1 Å². The highest BCUT2D eigenvalue weighted by atomic mass is 35.5. The first-order valence-electron chi connectivity index (χ1n) is 11.0. The van der Waals surface area contributed by atoms with Crippen molar-refractivity contribution in [3.63, 3.8) is 0 Å². The van der Waals surface area contributed by atoms with Crippen LogP contribution >= 0.6 is 22.9 Å². The first kappa shape index (κ1) is 23.8. The van der Waals surface area contributed by atoms with Gasteiger partial charge in [0.2, 0.25) is 0 Å². The summed E-state index contributed by atoms with van der Waals surface area (Å²) in [6.45, 7) is 6.65. The van der Waals surface area contributed by atoms with Gasteiger partial charge in [0.15, 0.2) is 11.7 Å². The van der Waals surface area contributed by atoms with Crippen LogP contribution in [-0.2, 0) is 9.53 Å². The van der Waals surface area contributed by atoms with Crippen molar-refractivity contribution in [1.82, 2.24) is 9.88 Å². The van der Waals surface area contributed by atoms with Crippen LogP contribution in [0.4, 0.5) is 5.13 Å². The molecule has 0 atom stereocenters. The van der Waals surface area contributed by atoms with Crippen LogP contribution in [0.15, 0.2) is 36.4 Å². The summed E-state index contributed by atoms with van der Waals surface area (Å²) >= 11 is 7.81. The fourth-order valence-electron chi connectivity index (χ4n) is 3.76. The number of para-hydroxylation sites is 1. The number of carbonyl (C=O) groups excluding carboxylic acids is 1. The van der Waals surface area contributed by atoms with Crippen LogP contribution in [0.2, 0.25) is 5.02 Å². The average molecular weight is 490 g/mol. The Morgan fingerprint density at radius 1 is 1.21 bits per heavy atom. The highest BCUT2D eigenvalue weighted by Crippen LogP contribution is 2.38. The average Bonchev–Trinajstić information content (AvgIpc) is 3.28. The zero-order valence-corrected chi connectivity index (χ0v) is 20.5. The minimum Gasteiger partial charge on any atom is -0.494 e. The Kier molecular flexibility index (Phi) is 8.03. The van der Waals surface area contributed by atoms with E-state index in [1.807, 2.05) is 31.2 Å². The Bertz CT molecular complexity index is 1100. The Morgan fingerprint density at radius 2 is 2.00 bits per heavy atom. The normalized spacial score (nSPS) is 14.4. The van der Waals surface area contributed by atoms with Crippen LogP contribution < -0.4 is 14.4 Å². The number of hydrogen-bond donors (Lipinski definition) is 0. The summed E-state index contributed by atoms with van der Waals surface area (Å²) in [5.74, 6) is 1.19. The Labute approximate surface area is 202 Å². The molecule has 0 spiro atoms. The molecule has 0 radical (unpaired) electrons. The summed E-state index contributed by atoms with van der Waals surface area (Å²) in [5.41, 5.74) is 1.65. The first-order valence-corrected chi connectivity index (χ1v) is 12.2. The minimum atomic E-state index is -0.144. The molecule has 4 rings (SSSR count). The van der Waals surface area contributed by atoms with Crippen molar-refractivity contribution in [2.75, 3.05) is 58.0 Å². The molecule has 2 heterocycles. The lowest BCUT2D eigenvalue weighted by Gasteiger charge is -2.27. The van der Waals surface area contributed by atoms with E-state index in [0.717, 1.165) is 49.5 Å². The molecule has 1 aliphatic rings. The van der Waals surface area contributed by atoms with Crippen molar-refractivity contribution in [3.8, 4) is 11.5 Å².